The van der Waals surface area contributed by atoms with Crippen molar-refractivity contribution in [2.75, 3.05) is 55.7 Å². The van der Waals surface area contributed by atoms with Crippen molar-refractivity contribution in [1.29, 1.82) is 0 Å². The molecular weight excluding hydrogens is 487 g/mol. The Morgan fingerprint density at radius 1 is 1.06 bits per heavy atom. The van der Waals surface area contributed by atoms with Crippen molar-refractivity contribution >= 4 is 32.1 Å². The minimum Gasteiger partial charge on any atom is -0.756 e. The Hall–Kier alpha value is -1.80. The Balaban J connectivity index is 1.68. The number of hydroxylamine groups is 2. The van der Waals surface area contributed by atoms with Gasteiger partial charge in [-0.1, -0.05) is 6.92 Å². The molecule has 0 aromatic heterocycles. The summed E-state index contributed by atoms with van der Waals surface area (Å²) < 4.78 is 67.1. The van der Waals surface area contributed by atoms with Crippen LogP contribution in [0, 0.1) is 16.9 Å². The Bertz CT molecular complexity index is 1030. The number of benzene rings is 1. The summed E-state index contributed by atoms with van der Waals surface area (Å²) in [5.41, 5.74) is 0.790. The van der Waals surface area contributed by atoms with Crippen molar-refractivity contribution in [3.8, 4) is 0 Å². The Morgan fingerprint density at radius 2 is 1.71 bits per heavy atom. The van der Waals surface area contributed by atoms with Crippen LogP contribution in [-0.2, 0) is 24.8 Å². The minimum atomic E-state index is -3.88. The fourth-order valence-corrected chi connectivity index (χ4v) is 8.00. The highest BCUT2D eigenvalue weighted by Gasteiger charge is 2.37. The highest BCUT2D eigenvalue weighted by Crippen LogP contribution is 2.27. The molecule has 2 fully saturated rings. The molecule has 0 aliphatic carbocycles. The van der Waals surface area contributed by atoms with E-state index >= 15 is 0 Å². The molecule has 13 heteroatoms. The van der Waals surface area contributed by atoms with Crippen molar-refractivity contribution in [1.82, 2.24) is 13.7 Å². The van der Waals surface area contributed by atoms with Gasteiger partial charge in [0.15, 0.2) is 6.41 Å². The van der Waals surface area contributed by atoms with E-state index in [0.29, 0.717) is 38.9 Å². The number of hydrogen-bond acceptors (Lipinski definition) is 7. The molecule has 192 valence electrons. The topological polar surface area (TPSA) is 121 Å². The SMILES string of the molecule is CCCS(=O)(=O)N1CCCC(C(CS(=O)(=O)N2CCN(c3ccc(F)cc3)CC2)N([O-])C=O)C1. The molecule has 2 heterocycles. The van der Waals surface area contributed by atoms with Crippen molar-refractivity contribution in [3.63, 3.8) is 0 Å². The number of sulfonamides is 2. The predicted octanol–water partition coefficient (Wildman–Crippen LogP) is 1.05. The summed E-state index contributed by atoms with van der Waals surface area (Å²) in [6.07, 6.45) is 1.47. The van der Waals surface area contributed by atoms with Crippen LogP contribution < -0.4 is 4.90 Å². The first-order valence-electron chi connectivity index (χ1n) is 11.4. The van der Waals surface area contributed by atoms with E-state index < -0.39 is 37.8 Å². The zero-order chi connectivity index (χ0) is 24.9. The molecule has 1 amide bonds. The van der Waals surface area contributed by atoms with Crippen LogP contribution in [0.3, 0.4) is 0 Å². The lowest BCUT2D eigenvalue weighted by atomic mass is 9.92. The summed E-state index contributed by atoms with van der Waals surface area (Å²) in [4.78, 5) is 13.2. The number of anilines is 1. The molecule has 0 N–H and O–H groups in total. The van der Waals surface area contributed by atoms with E-state index in [1.165, 1.54) is 20.7 Å². The first-order valence-corrected chi connectivity index (χ1v) is 14.7. The standard InChI is InChI=1S/C21H32FN4O6S2/c1-2-14-33(29,30)25-9-3-4-18(15-25)21(26(28)17-27)16-34(31,32)24-12-10-23(11-13-24)20-7-5-19(22)6-8-20/h5-8,17-18,21H,2-4,9-16H2,1H3/q-1. The van der Waals surface area contributed by atoms with Gasteiger partial charge in [0.2, 0.25) is 20.0 Å². The molecule has 34 heavy (non-hydrogen) atoms. The van der Waals surface area contributed by atoms with E-state index in [4.69, 9.17) is 0 Å². The second kappa shape index (κ2) is 11.3. The number of carbonyl (C=O) groups excluding carboxylic acids is 1. The van der Waals surface area contributed by atoms with Crippen LogP contribution in [0.4, 0.5) is 10.1 Å². The summed E-state index contributed by atoms with van der Waals surface area (Å²) in [5, 5.41) is 12.5. The van der Waals surface area contributed by atoms with E-state index in [1.54, 1.807) is 19.1 Å². The maximum absolute atomic E-state index is 13.2. The molecule has 3 rings (SSSR count). The molecule has 0 radical (unpaired) electrons. The average Bonchev–Trinajstić information content (AvgIpc) is 2.83. The van der Waals surface area contributed by atoms with Crippen molar-refractivity contribution < 1.29 is 26.0 Å². The maximum atomic E-state index is 13.2. The second-order valence-corrected chi connectivity index (χ2v) is 12.9. The van der Waals surface area contributed by atoms with E-state index in [1.807, 2.05) is 4.90 Å². The number of rotatable bonds is 10. The monoisotopic (exact) mass is 519 g/mol. The average molecular weight is 520 g/mol. The highest BCUT2D eigenvalue weighted by atomic mass is 32.2. The third-order valence-corrected chi connectivity index (χ3v) is 10.4. The normalized spacial score (nSPS) is 21.9. The van der Waals surface area contributed by atoms with Gasteiger partial charge in [-0.15, -0.1) is 0 Å². The quantitative estimate of drug-likeness (QED) is 0.335. The van der Waals surface area contributed by atoms with Gasteiger partial charge in [-0.3, -0.25) is 4.79 Å². The number of halogens is 1. The fraction of sp³-hybridized carbons (Fsp3) is 0.667. The van der Waals surface area contributed by atoms with Gasteiger partial charge in [0.25, 0.3) is 0 Å². The van der Waals surface area contributed by atoms with Gasteiger partial charge in [0.05, 0.1) is 11.5 Å². The lowest BCUT2D eigenvalue weighted by Crippen LogP contribution is -2.54. The van der Waals surface area contributed by atoms with Crippen LogP contribution in [-0.4, -0.2) is 93.7 Å². The smallest absolute Gasteiger partial charge is 0.216 e. The maximum Gasteiger partial charge on any atom is 0.216 e. The molecule has 10 nitrogen and oxygen atoms in total. The van der Waals surface area contributed by atoms with Crippen molar-refractivity contribution in [2.24, 2.45) is 5.92 Å². The first-order chi connectivity index (χ1) is 16.1. The van der Waals surface area contributed by atoms with Crippen molar-refractivity contribution in [2.45, 2.75) is 32.2 Å². The zero-order valence-electron chi connectivity index (χ0n) is 19.3. The van der Waals surface area contributed by atoms with E-state index in [-0.39, 0.29) is 42.7 Å². The number of nitrogens with zero attached hydrogens (tertiary/aromatic N) is 4. The molecule has 0 saturated carbocycles. The third kappa shape index (κ3) is 6.45. The van der Waals surface area contributed by atoms with Gasteiger partial charge >= 0.3 is 0 Å². The molecule has 1 aromatic carbocycles. The number of piperazine rings is 1. The molecule has 2 aliphatic heterocycles. The molecule has 2 unspecified atom stereocenters. The summed E-state index contributed by atoms with van der Waals surface area (Å²) in [5.74, 6) is -1.50. The minimum absolute atomic E-state index is 0.0181. The van der Waals surface area contributed by atoms with Crippen LogP contribution in [0.1, 0.15) is 26.2 Å². The molecule has 2 atom stereocenters. The molecular formula is C21H32FN4O6S2-. The van der Waals surface area contributed by atoms with Crippen LogP contribution in [0.25, 0.3) is 0 Å². The van der Waals surface area contributed by atoms with Crippen LogP contribution >= 0.6 is 0 Å². The first kappa shape index (κ1) is 26.8. The van der Waals surface area contributed by atoms with Gasteiger partial charge in [0, 0.05) is 51.0 Å². The Morgan fingerprint density at radius 3 is 2.29 bits per heavy atom. The van der Waals surface area contributed by atoms with Crippen LogP contribution in [0.5, 0.6) is 0 Å². The van der Waals surface area contributed by atoms with Crippen LogP contribution in [0.2, 0.25) is 0 Å². The molecule has 0 spiro atoms. The summed E-state index contributed by atoms with van der Waals surface area (Å²) in [6, 6.07) is 4.79. The van der Waals surface area contributed by atoms with Crippen LogP contribution in [0.15, 0.2) is 24.3 Å². The van der Waals surface area contributed by atoms with Gasteiger partial charge in [-0.05, 0) is 49.4 Å². The summed E-state index contributed by atoms with van der Waals surface area (Å²) >= 11 is 0. The predicted molar refractivity (Wildman–Crippen MR) is 127 cm³/mol. The number of piperidine rings is 1. The van der Waals surface area contributed by atoms with Crippen molar-refractivity contribution in [3.05, 3.63) is 35.3 Å². The largest absolute Gasteiger partial charge is 0.756 e. The van der Waals surface area contributed by atoms with Gasteiger partial charge in [-0.25, -0.2) is 25.5 Å². The highest BCUT2D eigenvalue weighted by molar-refractivity contribution is 7.89. The molecule has 0 bridgehead atoms. The summed E-state index contributed by atoms with van der Waals surface area (Å²) in [7, 11) is -7.38. The third-order valence-electron chi connectivity index (χ3n) is 6.46. The summed E-state index contributed by atoms with van der Waals surface area (Å²) in [6.45, 7) is 3.28. The Labute approximate surface area is 201 Å². The molecule has 2 aliphatic rings. The number of carbonyl (C=O) groups is 1. The van der Waals surface area contributed by atoms with Gasteiger partial charge in [0.1, 0.15) is 5.82 Å². The molecule has 1 aromatic rings. The van der Waals surface area contributed by atoms with Gasteiger partial charge in [-0.2, -0.15) is 4.31 Å². The fourth-order valence-electron chi connectivity index (χ4n) is 4.62. The van der Waals surface area contributed by atoms with Gasteiger partial charge < -0.3 is 15.2 Å². The van der Waals surface area contributed by atoms with E-state index in [9.17, 15) is 31.2 Å². The Kier molecular flexibility index (Phi) is 8.90. The zero-order valence-corrected chi connectivity index (χ0v) is 20.9. The lowest BCUT2D eigenvalue weighted by molar-refractivity contribution is -0.118. The van der Waals surface area contributed by atoms with E-state index in [2.05, 4.69) is 0 Å². The number of hydrogen-bond donors (Lipinski definition) is 0. The van der Waals surface area contributed by atoms with E-state index in [0.717, 1.165) is 5.69 Å². The second-order valence-electron chi connectivity index (χ2n) is 8.75. The molecule has 2 saturated heterocycles. The lowest BCUT2D eigenvalue weighted by Gasteiger charge is -2.43. The number of amides is 1.